The maximum atomic E-state index is 13.4. The Morgan fingerprint density at radius 1 is 1.24 bits per heavy atom. The third-order valence-electron chi connectivity index (χ3n) is 4.85. The molecule has 2 atom stereocenters. The molecule has 0 spiro atoms. The molecule has 2 heterocycles. The topological polar surface area (TPSA) is 51.7 Å². The van der Waals surface area contributed by atoms with Crippen molar-refractivity contribution in [2.45, 2.75) is 38.7 Å². The Bertz CT molecular complexity index is 821. The highest BCUT2D eigenvalue weighted by molar-refractivity contribution is 6.30. The lowest BCUT2D eigenvalue weighted by Crippen LogP contribution is -2.46. The van der Waals surface area contributed by atoms with Crippen LogP contribution in [-0.2, 0) is 4.74 Å². The Hall–Kier alpha value is -2.34. The number of aromatic nitrogens is 1. The van der Waals surface area contributed by atoms with E-state index in [1.807, 2.05) is 20.8 Å². The van der Waals surface area contributed by atoms with Gasteiger partial charge < -0.3 is 14.4 Å². The number of piperidine rings is 1. The summed E-state index contributed by atoms with van der Waals surface area (Å²) in [5, 5.41) is 0.548. The first-order valence-corrected chi connectivity index (χ1v) is 10.1. The zero-order chi connectivity index (χ0) is 21.0. The second-order valence-corrected chi connectivity index (χ2v) is 8.70. The maximum absolute atomic E-state index is 13.4. The van der Waals surface area contributed by atoms with Gasteiger partial charge in [0.15, 0.2) is 0 Å². The van der Waals surface area contributed by atoms with Gasteiger partial charge in [-0.1, -0.05) is 23.7 Å². The number of halogens is 2. The summed E-state index contributed by atoms with van der Waals surface area (Å²) in [4.78, 5) is 18.4. The van der Waals surface area contributed by atoms with E-state index in [9.17, 15) is 9.18 Å². The average Bonchev–Trinajstić information content (AvgIpc) is 2.67. The Kier molecular flexibility index (Phi) is 6.63. The molecule has 29 heavy (non-hydrogen) atoms. The lowest BCUT2D eigenvalue weighted by Gasteiger charge is -2.39. The molecule has 1 aromatic carbocycles. The van der Waals surface area contributed by atoms with Gasteiger partial charge in [0.25, 0.3) is 0 Å². The van der Waals surface area contributed by atoms with E-state index in [0.29, 0.717) is 30.6 Å². The molecule has 0 aliphatic carbocycles. The lowest BCUT2D eigenvalue weighted by molar-refractivity contribution is 0.0129. The molecule has 156 valence electrons. The number of rotatable bonds is 4. The van der Waals surface area contributed by atoms with E-state index < -0.39 is 5.60 Å². The first kappa shape index (κ1) is 21.4. The minimum atomic E-state index is -0.553. The molecule has 0 bridgehead atoms. The molecule has 1 aliphatic rings. The molecule has 7 heteroatoms. The first-order chi connectivity index (χ1) is 13.7. The zero-order valence-corrected chi connectivity index (χ0v) is 17.7. The van der Waals surface area contributed by atoms with Gasteiger partial charge in [-0.15, -0.1) is 0 Å². The van der Waals surface area contributed by atoms with Gasteiger partial charge in [0.1, 0.15) is 11.4 Å². The third-order valence-corrected chi connectivity index (χ3v) is 5.07. The fourth-order valence-electron chi connectivity index (χ4n) is 3.42. The van der Waals surface area contributed by atoms with Crippen molar-refractivity contribution in [1.29, 1.82) is 0 Å². The Balaban J connectivity index is 1.73. The second-order valence-electron chi connectivity index (χ2n) is 8.26. The smallest absolute Gasteiger partial charge is 0.410 e. The summed E-state index contributed by atoms with van der Waals surface area (Å²) in [5.41, 5.74) is 0.417. The minimum absolute atomic E-state index is 0.00386. The molecular formula is C22H26ClFN2O3. The van der Waals surface area contributed by atoms with Crippen LogP contribution in [0.3, 0.4) is 0 Å². The van der Waals surface area contributed by atoms with E-state index in [0.717, 1.165) is 12.0 Å². The molecule has 0 N–H and O–H groups in total. The summed E-state index contributed by atoms with van der Waals surface area (Å²) < 4.78 is 24.8. The summed E-state index contributed by atoms with van der Waals surface area (Å²) in [7, 11) is 0. The van der Waals surface area contributed by atoms with Crippen LogP contribution in [0.5, 0.6) is 5.88 Å². The molecule has 1 aliphatic heterocycles. The zero-order valence-electron chi connectivity index (χ0n) is 16.9. The predicted molar refractivity (Wildman–Crippen MR) is 110 cm³/mol. The fraction of sp³-hybridized carbons (Fsp3) is 0.455. The van der Waals surface area contributed by atoms with E-state index in [4.69, 9.17) is 21.1 Å². The van der Waals surface area contributed by atoms with E-state index in [1.54, 1.807) is 35.4 Å². The molecular weight excluding hydrogens is 395 g/mol. The molecule has 0 radical (unpaired) electrons. The summed E-state index contributed by atoms with van der Waals surface area (Å²) in [6.45, 7) is 7.06. The van der Waals surface area contributed by atoms with Crippen molar-refractivity contribution in [1.82, 2.24) is 9.88 Å². The number of ether oxygens (including phenoxy) is 2. The Morgan fingerprint density at radius 3 is 2.59 bits per heavy atom. The average molecular weight is 421 g/mol. The van der Waals surface area contributed by atoms with Crippen LogP contribution < -0.4 is 4.74 Å². The molecule has 1 saturated heterocycles. The van der Waals surface area contributed by atoms with Crippen molar-refractivity contribution >= 4 is 17.7 Å². The van der Waals surface area contributed by atoms with Crippen LogP contribution in [0, 0.1) is 11.7 Å². The largest absolute Gasteiger partial charge is 0.477 e. The van der Waals surface area contributed by atoms with Crippen molar-refractivity contribution in [3.8, 4) is 5.88 Å². The quantitative estimate of drug-likeness (QED) is 0.674. The summed E-state index contributed by atoms with van der Waals surface area (Å²) in [6, 6.07) is 9.89. The monoisotopic (exact) mass is 420 g/mol. The number of nitrogens with zero attached hydrogens (tertiary/aromatic N) is 2. The number of pyridine rings is 1. The van der Waals surface area contributed by atoms with Crippen LogP contribution in [-0.4, -0.2) is 41.3 Å². The van der Waals surface area contributed by atoms with Gasteiger partial charge in [0, 0.05) is 37.2 Å². The van der Waals surface area contributed by atoms with Gasteiger partial charge in [-0.25, -0.2) is 14.2 Å². The van der Waals surface area contributed by atoms with E-state index >= 15 is 0 Å². The molecule has 3 rings (SSSR count). The SMILES string of the molecule is CC(C)(C)OC(=O)N1CCC(COc2ccc(Cl)cn2)C(c2ccc(F)cc2)C1. The lowest BCUT2D eigenvalue weighted by atomic mass is 9.81. The number of carbonyl (C=O) groups is 1. The molecule has 1 fully saturated rings. The van der Waals surface area contributed by atoms with Crippen LogP contribution in [0.15, 0.2) is 42.6 Å². The normalized spacial score (nSPS) is 19.7. The highest BCUT2D eigenvalue weighted by Gasteiger charge is 2.35. The molecule has 2 aromatic rings. The van der Waals surface area contributed by atoms with Crippen molar-refractivity contribution < 1.29 is 18.7 Å². The van der Waals surface area contributed by atoms with Gasteiger partial charge >= 0.3 is 6.09 Å². The van der Waals surface area contributed by atoms with Gasteiger partial charge in [-0.2, -0.15) is 0 Å². The fourth-order valence-corrected chi connectivity index (χ4v) is 3.53. The van der Waals surface area contributed by atoms with Gasteiger partial charge in [0.05, 0.1) is 11.6 Å². The van der Waals surface area contributed by atoms with Crippen LogP contribution in [0.2, 0.25) is 5.02 Å². The van der Waals surface area contributed by atoms with Crippen LogP contribution in [0.25, 0.3) is 0 Å². The van der Waals surface area contributed by atoms with Crippen LogP contribution in [0.4, 0.5) is 9.18 Å². The number of hydrogen-bond donors (Lipinski definition) is 0. The van der Waals surface area contributed by atoms with Crippen molar-refractivity contribution in [3.05, 3.63) is 59.0 Å². The maximum Gasteiger partial charge on any atom is 0.410 e. The van der Waals surface area contributed by atoms with Crippen molar-refractivity contribution in [2.24, 2.45) is 5.92 Å². The number of likely N-dealkylation sites (tertiary alicyclic amines) is 1. The highest BCUT2D eigenvalue weighted by Crippen LogP contribution is 2.34. The number of hydrogen-bond acceptors (Lipinski definition) is 4. The summed E-state index contributed by atoms with van der Waals surface area (Å²) in [5.74, 6) is 0.370. The summed E-state index contributed by atoms with van der Waals surface area (Å²) in [6.07, 6.45) is 1.96. The van der Waals surface area contributed by atoms with E-state index in [1.165, 1.54) is 12.1 Å². The van der Waals surface area contributed by atoms with Crippen molar-refractivity contribution in [2.75, 3.05) is 19.7 Å². The Morgan fingerprint density at radius 2 is 1.97 bits per heavy atom. The minimum Gasteiger partial charge on any atom is -0.477 e. The van der Waals surface area contributed by atoms with Crippen molar-refractivity contribution in [3.63, 3.8) is 0 Å². The van der Waals surface area contributed by atoms with E-state index in [-0.39, 0.29) is 23.7 Å². The van der Waals surface area contributed by atoms with Gasteiger partial charge in [0.2, 0.25) is 5.88 Å². The summed E-state index contributed by atoms with van der Waals surface area (Å²) >= 11 is 5.87. The molecule has 1 amide bonds. The van der Waals surface area contributed by atoms with Gasteiger partial charge in [-0.3, -0.25) is 0 Å². The van der Waals surface area contributed by atoms with Crippen LogP contribution >= 0.6 is 11.6 Å². The molecule has 1 aromatic heterocycles. The molecule has 5 nitrogen and oxygen atoms in total. The number of benzene rings is 1. The standard InChI is InChI=1S/C22H26ClFN2O3/c1-22(2,3)29-21(27)26-11-10-16(14-28-20-9-6-17(23)12-25-20)19(13-26)15-4-7-18(24)8-5-15/h4-9,12,16,19H,10-11,13-14H2,1-3H3. The second kappa shape index (κ2) is 8.99. The Labute approximate surface area is 175 Å². The number of carbonyl (C=O) groups excluding carboxylic acids is 1. The molecule has 0 saturated carbocycles. The van der Waals surface area contributed by atoms with Gasteiger partial charge in [-0.05, 0) is 51.0 Å². The van der Waals surface area contributed by atoms with E-state index in [2.05, 4.69) is 4.98 Å². The predicted octanol–water partition coefficient (Wildman–Crippen LogP) is 5.29. The van der Waals surface area contributed by atoms with Crippen LogP contribution in [0.1, 0.15) is 38.7 Å². The molecule has 2 unspecified atom stereocenters. The highest BCUT2D eigenvalue weighted by atomic mass is 35.5. The first-order valence-electron chi connectivity index (χ1n) is 9.69. The number of amides is 1. The third kappa shape index (κ3) is 6.07.